The third-order valence-electron chi connectivity index (χ3n) is 4.56. The number of morpholine rings is 1. The van der Waals surface area contributed by atoms with Crippen molar-refractivity contribution in [2.75, 3.05) is 19.7 Å². The summed E-state index contributed by atoms with van der Waals surface area (Å²) in [4.78, 5) is 2.37. The summed E-state index contributed by atoms with van der Waals surface area (Å²) in [7, 11) is 0. The number of rotatable bonds is 2. The van der Waals surface area contributed by atoms with E-state index >= 15 is 0 Å². The number of aliphatic hydroxyl groups excluding tert-OH is 1. The van der Waals surface area contributed by atoms with Crippen LogP contribution in [0.4, 0.5) is 4.39 Å². The minimum atomic E-state index is -0.818. The van der Waals surface area contributed by atoms with E-state index in [9.17, 15) is 9.50 Å². The summed E-state index contributed by atoms with van der Waals surface area (Å²) < 4.78 is 24.6. The van der Waals surface area contributed by atoms with Crippen molar-refractivity contribution in [1.29, 1.82) is 0 Å². The highest BCUT2D eigenvalue weighted by molar-refractivity contribution is 5.77. The summed E-state index contributed by atoms with van der Waals surface area (Å²) in [5.74, 6) is 0.136. The van der Waals surface area contributed by atoms with E-state index < -0.39 is 6.10 Å². The summed E-state index contributed by atoms with van der Waals surface area (Å²) in [5.41, 5.74) is 0.584. The molecular weight excluding hydrogens is 273 g/mol. The molecule has 3 atom stereocenters. The van der Waals surface area contributed by atoms with Gasteiger partial charge >= 0.3 is 0 Å². The van der Waals surface area contributed by atoms with Crippen LogP contribution in [0.15, 0.2) is 28.7 Å². The first kappa shape index (κ1) is 13.2. The van der Waals surface area contributed by atoms with E-state index in [1.165, 1.54) is 25.0 Å². The molecule has 0 aliphatic carbocycles. The van der Waals surface area contributed by atoms with Gasteiger partial charge in [0.2, 0.25) is 0 Å². The number of hydrogen-bond acceptors (Lipinski definition) is 4. The van der Waals surface area contributed by atoms with Crippen LogP contribution in [0.25, 0.3) is 11.0 Å². The number of fused-ring (bicyclic) bond motifs is 2. The molecule has 1 N–H and O–H groups in total. The lowest BCUT2D eigenvalue weighted by Gasteiger charge is -2.36. The largest absolute Gasteiger partial charge is 0.458 e. The predicted octanol–water partition coefficient (Wildman–Crippen LogP) is 2.47. The zero-order chi connectivity index (χ0) is 14.4. The zero-order valence-electron chi connectivity index (χ0n) is 11.7. The summed E-state index contributed by atoms with van der Waals surface area (Å²) in [6, 6.07) is 6.54. The van der Waals surface area contributed by atoms with Gasteiger partial charge in [0.25, 0.3) is 0 Å². The van der Waals surface area contributed by atoms with Gasteiger partial charge in [0.15, 0.2) is 0 Å². The van der Waals surface area contributed by atoms with Gasteiger partial charge in [0.05, 0.1) is 6.61 Å². The van der Waals surface area contributed by atoms with Gasteiger partial charge in [-0.3, -0.25) is 4.90 Å². The van der Waals surface area contributed by atoms with E-state index in [4.69, 9.17) is 9.15 Å². The Hall–Kier alpha value is -1.43. The molecule has 112 valence electrons. The molecule has 2 saturated heterocycles. The molecule has 2 fully saturated rings. The Balaban J connectivity index is 1.56. The molecule has 0 spiro atoms. The molecule has 1 aromatic heterocycles. The second-order valence-electron chi connectivity index (χ2n) is 5.94. The Morgan fingerprint density at radius 2 is 2.24 bits per heavy atom. The van der Waals surface area contributed by atoms with Gasteiger partial charge < -0.3 is 14.3 Å². The maximum Gasteiger partial charge on any atom is 0.139 e. The molecule has 0 amide bonds. The molecule has 0 bridgehead atoms. The van der Waals surface area contributed by atoms with Crippen molar-refractivity contribution in [3.8, 4) is 0 Å². The fraction of sp³-hybridized carbons (Fsp3) is 0.500. The average molecular weight is 291 g/mol. The minimum absolute atomic E-state index is 0.287. The maximum absolute atomic E-state index is 13.2. The van der Waals surface area contributed by atoms with Gasteiger partial charge in [-0.25, -0.2) is 4.39 Å². The van der Waals surface area contributed by atoms with Crippen LogP contribution >= 0.6 is 0 Å². The number of nitrogens with zero attached hydrogens (tertiary/aromatic N) is 1. The first-order valence-corrected chi connectivity index (χ1v) is 7.43. The van der Waals surface area contributed by atoms with E-state index in [0.29, 0.717) is 29.4 Å². The number of halogens is 1. The lowest BCUT2D eigenvalue weighted by molar-refractivity contribution is -0.108. The fourth-order valence-corrected chi connectivity index (χ4v) is 3.40. The quantitative estimate of drug-likeness (QED) is 0.923. The Labute approximate surface area is 122 Å². The fourth-order valence-electron chi connectivity index (χ4n) is 3.40. The SMILES string of the molecule is OC(c1cc2cc(F)ccc2o1)C1CN2CCCC2CO1. The molecule has 1 aromatic carbocycles. The van der Waals surface area contributed by atoms with Crippen molar-refractivity contribution >= 4 is 11.0 Å². The molecule has 0 saturated carbocycles. The third kappa shape index (κ3) is 2.35. The van der Waals surface area contributed by atoms with Crippen molar-refractivity contribution in [2.24, 2.45) is 0 Å². The summed E-state index contributed by atoms with van der Waals surface area (Å²) >= 11 is 0. The molecule has 3 heterocycles. The second kappa shape index (κ2) is 5.09. The molecule has 0 radical (unpaired) electrons. The molecule has 2 aliphatic heterocycles. The Morgan fingerprint density at radius 3 is 3.14 bits per heavy atom. The summed E-state index contributed by atoms with van der Waals surface area (Å²) in [6.07, 6.45) is 1.26. The maximum atomic E-state index is 13.2. The molecule has 4 rings (SSSR count). The normalized spacial score (nSPS) is 27.9. The minimum Gasteiger partial charge on any atom is -0.458 e. The summed E-state index contributed by atoms with van der Waals surface area (Å²) in [6.45, 7) is 2.45. The van der Waals surface area contributed by atoms with Crippen LogP contribution in [0.1, 0.15) is 24.7 Å². The summed E-state index contributed by atoms with van der Waals surface area (Å²) in [5, 5.41) is 11.2. The molecule has 3 unspecified atom stereocenters. The third-order valence-corrected chi connectivity index (χ3v) is 4.56. The predicted molar refractivity (Wildman–Crippen MR) is 75.5 cm³/mol. The van der Waals surface area contributed by atoms with E-state index in [0.717, 1.165) is 13.1 Å². The number of ether oxygens (including phenoxy) is 1. The van der Waals surface area contributed by atoms with Gasteiger partial charge in [-0.1, -0.05) is 0 Å². The van der Waals surface area contributed by atoms with Crippen LogP contribution in [-0.4, -0.2) is 41.8 Å². The Morgan fingerprint density at radius 1 is 1.33 bits per heavy atom. The van der Waals surface area contributed by atoms with Crippen LogP contribution in [-0.2, 0) is 4.74 Å². The van der Waals surface area contributed by atoms with Crippen molar-refractivity contribution in [1.82, 2.24) is 4.90 Å². The number of furan rings is 1. The lowest BCUT2D eigenvalue weighted by Crippen LogP contribution is -2.48. The van der Waals surface area contributed by atoms with E-state index in [-0.39, 0.29) is 11.9 Å². The molecule has 5 heteroatoms. The molecular formula is C16H18FNO3. The van der Waals surface area contributed by atoms with Gasteiger partial charge in [0.1, 0.15) is 29.4 Å². The lowest BCUT2D eigenvalue weighted by atomic mass is 10.1. The monoisotopic (exact) mass is 291 g/mol. The zero-order valence-corrected chi connectivity index (χ0v) is 11.7. The highest BCUT2D eigenvalue weighted by atomic mass is 19.1. The van der Waals surface area contributed by atoms with Crippen molar-refractivity contribution < 1.29 is 18.7 Å². The van der Waals surface area contributed by atoms with Gasteiger partial charge in [0, 0.05) is 18.0 Å². The van der Waals surface area contributed by atoms with Crippen molar-refractivity contribution in [3.05, 3.63) is 35.8 Å². The van der Waals surface area contributed by atoms with Crippen molar-refractivity contribution in [2.45, 2.75) is 31.1 Å². The van der Waals surface area contributed by atoms with Crippen molar-refractivity contribution in [3.63, 3.8) is 0 Å². The first-order valence-electron chi connectivity index (χ1n) is 7.43. The van der Waals surface area contributed by atoms with Crippen LogP contribution in [0.5, 0.6) is 0 Å². The van der Waals surface area contributed by atoms with Gasteiger partial charge in [-0.15, -0.1) is 0 Å². The standard InChI is InChI=1S/C16H18FNO3/c17-11-3-4-13-10(6-11)7-14(21-13)16(19)15-8-18-5-1-2-12(18)9-20-15/h3-4,6-7,12,15-16,19H,1-2,5,8-9H2. The molecule has 4 nitrogen and oxygen atoms in total. The number of aliphatic hydroxyl groups is 1. The molecule has 2 aromatic rings. The Bertz CT molecular complexity index is 656. The molecule has 2 aliphatic rings. The second-order valence-corrected chi connectivity index (χ2v) is 5.94. The van der Waals surface area contributed by atoms with Crippen LogP contribution in [0, 0.1) is 5.82 Å². The van der Waals surface area contributed by atoms with Crippen LogP contribution in [0.2, 0.25) is 0 Å². The van der Waals surface area contributed by atoms with Gasteiger partial charge in [-0.05, 0) is 43.7 Å². The smallest absolute Gasteiger partial charge is 0.139 e. The highest BCUT2D eigenvalue weighted by Crippen LogP contribution is 2.31. The molecule has 21 heavy (non-hydrogen) atoms. The van der Waals surface area contributed by atoms with Crippen LogP contribution < -0.4 is 0 Å². The highest BCUT2D eigenvalue weighted by Gasteiger charge is 2.36. The van der Waals surface area contributed by atoms with E-state index in [2.05, 4.69) is 4.90 Å². The Kier molecular flexibility index (Phi) is 3.21. The van der Waals surface area contributed by atoms with Crippen LogP contribution in [0.3, 0.4) is 0 Å². The number of benzene rings is 1. The van der Waals surface area contributed by atoms with E-state index in [1.54, 1.807) is 12.1 Å². The topological polar surface area (TPSA) is 45.8 Å². The van der Waals surface area contributed by atoms with Gasteiger partial charge in [-0.2, -0.15) is 0 Å². The average Bonchev–Trinajstić information content (AvgIpc) is 3.11. The first-order chi connectivity index (χ1) is 10.2. The number of hydrogen-bond donors (Lipinski definition) is 1. The van der Waals surface area contributed by atoms with E-state index in [1.807, 2.05) is 0 Å².